The lowest BCUT2D eigenvalue weighted by molar-refractivity contribution is 0.0979. The van der Waals surface area contributed by atoms with Crippen LogP contribution in [0.1, 0.15) is 41.9 Å². The topological polar surface area (TPSA) is 77.0 Å². The zero-order valence-electron chi connectivity index (χ0n) is 18.4. The fourth-order valence-corrected chi connectivity index (χ4v) is 4.07. The van der Waals surface area contributed by atoms with Gasteiger partial charge in [0, 0.05) is 43.7 Å². The number of benzene rings is 2. The molecular weight excluding hydrogens is 386 g/mol. The molecule has 0 aliphatic carbocycles. The van der Waals surface area contributed by atoms with Crippen LogP contribution in [0.25, 0.3) is 21.9 Å². The summed E-state index contributed by atoms with van der Waals surface area (Å²) in [5.74, 6) is 1.62. The summed E-state index contributed by atoms with van der Waals surface area (Å²) in [6.07, 6.45) is 3.42. The Labute approximate surface area is 182 Å². The summed E-state index contributed by atoms with van der Waals surface area (Å²) < 4.78 is 2.23. The molecule has 0 bridgehead atoms. The van der Waals surface area contributed by atoms with Crippen LogP contribution in [-0.2, 0) is 6.54 Å². The number of hydrogen-bond acceptors (Lipinski definition) is 5. The molecule has 0 spiro atoms. The monoisotopic (exact) mass is 415 g/mol. The van der Waals surface area contributed by atoms with E-state index in [1.807, 2.05) is 68.4 Å². The highest BCUT2D eigenvalue weighted by atomic mass is 16.1. The number of fused-ring (bicyclic) bond motifs is 3. The number of pyridine rings is 1. The molecule has 4 rings (SSSR count). The molecule has 31 heavy (non-hydrogen) atoms. The molecule has 2 heterocycles. The van der Waals surface area contributed by atoms with Gasteiger partial charge in [-0.3, -0.25) is 4.79 Å². The van der Waals surface area contributed by atoms with Crippen molar-refractivity contribution in [3.05, 3.63) is 59.9 Å². The summed E-state index contributed by atoms with van der Waals surface area (Å²) in [7, 11) is 3.99. The number of anilines is 2. The predicted molar refractivity (Wildman–Crippen MR) is 128 cm³/mol. The van der Waals surface area contributed by atoms with Gasteiger partial charge < -0.3 is 15.2 Å². The number of carbonyl (C=O) groups is 1. The molecule has 160 valence electrons. The molecule has 0 aliphatic heterocycles. The van der Waals surface area contributed by atoms with E-state index in [4.69, 9.17) is 5.73 Å². The quantitative estimate of drug-likeness (QED) is 0.324. The van der Waals surface area contributed by atoms with Gasteiger partial charge in [-0.1, -0.05) is 24.6 Å². The van der Waals surface area contributed by atoms with E-state index in [0.29, 0.717) is 12.2 Å². The molecule has 0 saturated carbocycles. The zero-order valence-corrected chi connectivity index (χ0v) is 18.4. The molecule has 6 nitrogen and oxygen atoms in total. The highest BCUT2D eigenvalue weighted by Crippen LogP contribution is 2.29. The minimum absolute atomic E-state index is 0.208. The van der Waals surface area contributed by atoms with E-state index in [1.54, 1.807) is 0 Å². The number of carbonyl (C=O) groups excluding carboxylic acids is 1. The number of ketones is 1. The van der Waals surface area contributed by atoms with Crippen molar-refractivity contribution in [3.63, 3.8) is 0 Å². The van der Waals surface area contributed by atoms with Gasteiger partial charge in [0.15, 0.2) is 11.6 Å². The Morgan fingerprint density at radius 2 is 1.74 bits per heavy atom. The number of nitrogens with zero attached hydrogens (tertiary/aromatic N) is 4. The average Bonchev–Trinajstić information content (AvgIpc) is 3.10. The summed E-state index contributed by atoms with van der Waals surface area (Å²) in [5, 5.41) is 1.07. The number of hydrogen-bond donors (Lipinski definition) is 1. The van der Waals surface area contributed by atoms with Gasteiger partial charge >= 0.3 is 0 Å². The van der Waals surface area contributed by atoms with E-state index in [-0.39, 0.29) is 5.78 Å². The van der Waals surface area contributed by atoms with Crippen LogP contribution in [0.5, 0.6) is 0 Å². The number of para-hydroxylation sites is 1. The summed E-state index contributed by atoms with van der Waals surface area (Å²) >= 11 is 0. The first-order valence-corrected chi connectivity index (χ1v) is 10.8. The summed E-state index contributed by atoms with van der Waals surface area (Å²) in [5.41, 5.74) is 10.8. The lowest BCUT2D eigenvalue weighted by Gasteiger charge is -2.12. The fourth-order valence-electron chi connectivity index (χ4n) is 4.07. The molecule has 2 aromatic heterocycles. The highest BCUT2D eigenvalue weighted by molar-refractivity contribution is 6.06. The van der Waals surface area contributed by atoms with Crippen molar-refractivity contribution in [1.82, 2.24) is 14.5 Å². The van der Waals surface area contributed by atoms with Gasteiger partial charge in [-0.2, -0.15) is 0 Å². The van der Waals surface area contributed by atoms with Crippen molar-refractivity contribution < 1.29 is 4.79 Å². The number of Topliss-reactive ketones (excluding diaryl/α,β-unsaturated/α-hetero) is 1. The Bertz CT molecular complexity index is 1220. The lowest BCUT2D eigenvalue weighted by atomic mass is 10.0. The van der Waals surface area contributed by atoms with Crippen molar-refractivity contribution in [3.8, 4) is 0 Å². The molecule has 0 aliphatic rings. The van der Waals surface area contributed by atoms with E-state index in [1.165, 1.54) is 0 Å². The van der Waals surface area contributed by atoms with Gasteiger partial charge in [-0.05, 0) is 50.1 Å². The minimum Gasteiger partial charge on any atom is -0.382 e. The molecule has 4 aromatic rings. The van der Waals surface area contributed by atoms with Crippen LogP contribution in [-0.4, -0.2) is 34.4 Å². The second kappa shape index (κ2) is 8.76. The number of rotatable bonds is 8. The summed E-state index contributed by atoms with van der Waals surface area (Å²) in [6, 6.07) is 15.9. The van der Waals surface area contributed by atoms with Crippen LogP contribution in [0.15, 0.2) is 48.5 Å². The zero-order chi connectivity index (χ0) is 22.0. The van der Waals surface area contributed by atoms with Crippen LogP contribution in [0.2, 0.25) is 0 Å². The third kappa shape index (κ3) is 4.24. The van der Waals surface area contributed by atoms with Crippen LogP contribution >= 0.6 is 0 Å². The standard InChI is InChI=1S/C25H29N5O/c1-17-27-23-24(20-9-6-7-10-21(20)28-25(23)26)30(17)16-8-4-5-11-22(31)18-12-14-19(15-13-18)29(2)3/h6-7,9-10,12-15H,4-5,8,11,16H2,1-3H3,(H2,26,28). The fraction of sp³-hybridized carbons (Fsp3) is 0.320. The predicted octanol–water partition coefficient (Wildman–Crippen LogP) is 4.98. The van der Waals surface area contributed by atoms with Crippen molar-refractivity contribution in [2.45, 2.75) is 39.2 Å². The first-order valence-electron chi connectivity index (χ1n) is 10.8. The molecular formula is C25H29N5O. The minimum atomic E-state index is 0.208. The average molecular weight is 416 g/mol. The number of aromatic nitrogens is 3. The van der Waals surface area contributed by atoms with Crippen LogP contribution < -0.4 is 10.6 Å². The largest absolute Gasteiger partial charge is 0.382 e. The number of nitrogens with two attached hydrogens (primary N) is 1. The second-order valence-electron chi connectivity index (χ2n) is 8.20. The molecule has 6 heteroatoms. The maximum absolute atomic E-state index is 12.5. The maximum Gasteiger partial charge on any atom is 0.162 e. The molecule has 0 unspecified atom stereocenters. The maximum atomic E-state index is 12.5. The third-order valence-corrected chi connectivity index (χ3v) is 5.79. The van der Waals surface area contributed by atoms with Gasteiger partial charge in [0.05, 0.1) is 11.0 Å². The normalized spacial score (nSPS) is 11.3. The van der Waals surface area contributed by atoms with Gasteiger partial charge in [-0.15, -0.1) is 0 Å². The lowest BCUT2D eigenvalue weighted by Crippen LogP contribution is -2.08. The van der Waals surface area contributed by atoms with Gasteiger partial charge in [0.25, 0.3) is 0 Å². The summed E-state index contributed by atoms with van der Waals surface area (Å²) in [4.78, 5) is 23.7. The number of nitrogen functional groups attached to an aromatic ring is 1. The first kappa shape index (κ1) is 20.8. The number of aryl methyl sites for hydroxylation is 2. The van der Waals surface area contributed by atoms with E-state index in [2.05, 4.69) is 20.6 Å². The van der Waals surface area contributed by atoms with Crippen LogP contribution in [0.4, 0.5) is 11.5 Å². The molecule has 0 saturated heterocycles. The van der Waals surface area contributed by atoms with E-state index in [9.17, 15) is 4.79 Å². The smallest absolute Gasteiger partial charge is 0.162 e. The highest BCUT2D eigenvalue weighted by Gasteiger charge is 2.15. The van der Waals surface area contributed by atoms with Crippen molar-refractivity contribution in [2.75, 3.05) is 24.7 Å². The van der Waals surface area contributed by atoms with E-state index in [0.717, 1.165) is 64.8 Å². The second-order valence-corrected chi connectivity index (χ2v) is 8.20. The van der Waals surface area contributed by atoms with Crippen molar-refractivity contribution in [1.29, 1.82) is 0 Å². The van der Waals surface area contributed by atoms with Crippen LogP contribution in [0, 0.1) is 6.92 Å². The molecule has 2 N–H and O–H groups in total. The molecule has 2 aromatic carbocycles. The Balaban J connectivity index is 1.39. The number of imidazole rings is 1. The van der Waals surface area contributed by atoms with Crippen molar-refractivity contribution >= 4 is 39.2 Å². The van der Waals surface area contributed by atoms with Crippen molar-refractivity contribution in [2.24, 2.45) is 0 Å². The Kier molecular flexibility index (Phi) is 5.89. The van der Waals surface area contributed by atoms with Gasteiger partial charge in [0.2, 0.25) is 0 Å². The Morgan fingerprint density at radius 3 is 2.48 bits per heavy atom. The Hall–Kier alpha value is -3.41. The van der Waals surface area contributed by atoms with Gasteiger partial charge in [0.1, 0.15) is 11.3 Å². The summed E-state index contributed by atoms with van der Waals surface area (Å²) in [6.45, 7) is 2.86. The first-order chi connectivity index (χ1) is 15.0. The Morgan fingerprint density at radius 1 is 1.00 bits per heavy atom. The molecule has 0 radical (unpaired) electrons. The molecule has 0 atom stereocenters. The third-order valence-electron chi connectivity index (χ3n) is 5.79. The van der Waals surface area contributed by atoms with Gasteiger partial charge in [-0.25, -0.2) is 9.97 Å². The van der Waals surface area contributed by atoms with E-state index < -0.39 is 0 Å². The molecule has 0 amide bonds. The SMILES string of the molecule is Cc1nc2c(N)nc3ccccc3c2n1CCCCCC(=O)c1ccc(N(C)C)cc1. The van der Waals surface area contributed by atoms with Crippen LogP contribution in [0.3, 0.4) is 0 Å². The number of unbranched alkanes of at least 4 members (excludes halogenated alkanes) is 2. The molecule has 0 fully saturated rings. The van der Waals surface area contributed by atoms with E-state index >= 15 is 0 Å².